The van der Waals surface area contributed by atoms with Crippen LogP contribution < -0.4 is 5.32 Å². The number of hydrogen-bond donors (Lipinski definition) is 2. The SMILES string of the molecule is CCCCc1ccc(C(C)NC(C)CCCO)cc1. The number of rotatable bonds is 9. The fourth-order valence-electron chi connectivity index (χ4n) is 2.36. The van der Waals surface area contributed by atoms with E-state index in [0.29, 0.717) is 12.1 Å². The first-order chi connectivity index (χ1) is 9.17. The molecule has 0 heterocycles. The highest BCUT2D eigenvalue weighted by atomic mass is 16.2. The van der Waals surface area contributed by atoms with Crippen LogP contribution in [0.4, 0.5) is 0 Å². The van der Waals surface area contributed by atoms with E-state index < -0.39 is 0 Å². The highest BCUT2D eigenvalue weighted by Crippen LogP contribution is 2.16. The molecule has 0 amide bonds. The lowest BCUT2D eigenvalue weighted by Crippen LogP contribution is -2.29. The molecule has 0 aliphatic rings. The van der Waals surface area contributed by atoms with Crippen LogP contribution in [-0.4, -0.2) is 17.8 Å². The third kappa shape index (κ3) is 6.22. The molecule has 0 aromatic heterocycles. The van der Waals surface area contributed by atoms with Gasteiger partial charge in [0.25, 0.3) is 0 Å². The molecule has 19 heavy (non-hydrogen) atoms. The van der Waals surface area contributed by atoms with Crippen molar-refractivity contribution in [3.63, 3.8) is 0 Å². The minimum atomic E-state index is 0.284. The Morgan fingerprint density at radius 3 is 2.37 bits per heavy atom. The maximum atomic E-state index is 8.84. The Bertz CT molecular complexity index is 334. The van der Waals surface area contributed by atoms with Crippen molar-refractivity contribution in [2.75, 3.05) is 6.61 Å². The van der Waals surface area contributed by atoms with Crippen LogP contribution in [0.1, 0.15) is 63.6 Å². The molecule has 0 aliphatic carbocycles. The van der Waals surface area contributed by atoms with Gasteiger partial charge in [0.1, 0.15) is 0 Å². The minimum absolute atomic E-state index is 0.284. The van der Waals surface area contributed by atoms with Gasteiger partial charge in [0, 0.05) is 18.7 Å². The van der Waals surface area contributed by atoms with Crippen molar-refractivity contribution in [1.29, 1.82) is 0 Å². The molecule has 1 aromatic rings. The van der Waals surface area contributed by atoms with Gasteiger partial charge in [0.2, 0.25) is 0 Å². The summed E-state index contributed by atoms with van der Waals surface area (Å²) >= 11 is 0. The normalized spacial score (nSPS) is 14.3. The van der Waals surface area contributed by atoms with E-state index in [9.17, 15) is 0 Å². The summed E-state index contributed by atoms with van der Waals surface area (Å²) in [5, 5.41) is 12.4. The third-order valence-corrected chi connectivity index (χ3v) is 3.63. The Kier molecular flexibility index (Phi) is 7.76. The quantitative estimate of drug-likeness (QED) is 0.709. The lowest BCUT2D eigenvalue weighted by Gasteiger charge is -2.20. The van der Waals surface area contributed by atoms with Gasteiger partial charge in [0.05, 0.1) is 0 Å². The van der Waals surface area contributed by atoms with Crippen LogP contribution in [0.15, 0.2) is 24.3 Å². The topological polar surface area (TPSA) is 32.3 Å². The zero-order valence-corrected chi connectivity index (χ0v) is 12.7. The van der Waals surface area contributed by atoms with Crippen LogP contribution in [-0.2, 0) is 6.42 Å². The third-order valence-electron chi connectivity index (χ3n) is 3.63. The summed E-state index contributed by atoms with van der Waals surface area (Å²) in [7, 11) is 0. The Balaban J connectivity index is 2.45. The lowest BCUT2D eigenvalue weighted by molar-refractivity contribution is 0.274. The predicted octanol–water partition coefficient (Wildman–Crippen LogP) is 3.84. The Morgan fingerprint density at radius 2 is 1.79 bits per heavy atom. The lowest BCUT2D eigenvalue weighted by atomic mass is 10.0. The van der Waals surface area contributed by atoms with Gasteiger partial charge < -0.3 is 10.4 Å². The molecule has 0 saturated heterocycles. The molecule has 2 unspecified atom stereocenters. The number of hydrogen-bond acceptors (Lipinski definition) is 2. The summed E-state index contributed by atoms with van der Waals surface area (Å²) in [6.45, 7) is 6.90. The van der Waals surface area contributed by atoms with Gasteiger partial charge in [0.15, 0.2) is 0 Å². The molecule has 0 saturated carbocycles. The second-order valence-electron chi connectivity index (χ2n) is 5.50. The number of nitrogens with one attached hydrogen (secondary N) is 1. The first-order valence-corrected chi connectivity index (χ1v) is 7.63. The molecule has 2 N–H and O–H groups in total. The van der Waals surface area contributed by atoms with E-state index in [4.69, 9.17) is 5.11 Å². The second-order valence-corrected chi connectivity index (χ2v) is 5.50. The Hall–Kier alpha value is -0.860. The summed E-state index contributed by atoms with van der Waals surface area (Å²) in [5.41, 5.74) is 2.78. The maximum absolute atomic E-state index is 8.84. The Labute approximate surface area is 118 Å². The van der Waals surface area contributed by atoms with E-state index in [1.807, 2.05) is 0 Å². The van der Waals surface area contributed by atoms with E-state index in [1.54, 1.807) is 0 Å². The smallest absolute Gasteiger partial charge is 0.0431 e. The zero-order valence-electron chi connectivity index (χ0n) is 12.7. The molecule has 2 heteroatoms. The number of aryl methyl sites for hydroxylation is 1. The van der Waals surface area contributed by atoms with Gasteiger partial charge in [-0.3, -0.25) is 0 Å². The highest BCUT2D eigenvalue weighted by Gasteiger charge is 2.09. The summed E-state index contributed by atoms with van der Waals surface area (Å²) in [4.78, 5) is 0. The number of benzene rings is 1. The summed E-state index contributed by atoms with van der Waals surface area (Å²) < 4.78 is 0. The second kappa shape index (κ2) is 9.11. The van der Waals surface area contributed by atoms with Crippen LogP contribution in [0, 0.1) is 0 Å². The first-order valence-electron chi connectivity index (χ1n) is 7.63. The molecule has 108 valence electrons. The van der Waals surface area contributed by atoms with Crippen LogP contribution in [0.2, 0.25) is 0 Å². The van der Waals surface area contributed by atoms with Gasteiger partial charge in [-0.1, -0.05) is 37.6 Å². The number of unbranched alkanes of at least 4 members (excludes halogenated alkanes) is 1. The van der Waals surface area contributed by atoms with Crippen LogP contribution >= 0.6 is 0 Å². The van der Waals surface area contributed by atoms with Crippen molar-refractivity contribution in [1.82, 2.24) is 5.32 Å². The van der Waals surface area contributed by atoms with E-state index in [1.165, 1.54) is 30.4 Å². The molecule has 1 aromatic carbocycles. The molecule has 1 rings (SSSR count). The van der Waals surface area contributed by atoms with E-state index in [2.05, 4.69) is 50.4 Å². The standard InChI is InChI=1S/C17H29NO/c1-4-5-8-16-9-11-17(12-10-16)15(3)18-14(2)7-6-13-19/h9-12,14-15,18-19H,4-8,13H2,1-3H3. The summed E-state index contributed by atoms with van der Waals surface area (Å²) in [6, 6.07) is 9.79. The van der Waals surface area contributed by atoms with Crippen molar-refractivity contribution in [3.05, 3.63) is 35.4 Å². The van der Waals surface area contributed by atoms with Crippen molar-refractivity contribution in [2.45, 2.75) is 65.0 Å². The van der Waals surface area contributed by atoms with Crippen LogP contribution in [0.3, 0.4) is 0 Å². The predicted molar refractivity (Wildman–Crippen MR) is 82.4 cm³/mol. The van der Waals surface area contributed by atoms with Crippen molar-refractivity contribution < 1.29 is 5.11 Å². The molecule has 2 atom stereocenters. The fourth-order valence-corrected chi connectivity index (χ4v) is 2.36. The van der Waals surface area contributed by atoms with Crippen LogP contribution in [0.5, 0.6) is 0 Å². The molecule has 0 aliphatic heterocycles. The molecule has 2 nitrogen and oxygen atoms in total. The van der Waals surface area contributed by atoms with E-state index in [0.717, 1.165) is 12.8 Å². The largest absolute Gasteiger partial charge is 0.396 e. The van der Waals surface area contributed by atoms with Gasteiger partial charge in [-0.05, 0) is 50.7 Å². The zero-order chi connectivity index (χ0) is 14.1. The maximum Gasteiger partial charge on any atom is 0.0431 e. The van der Waals surface area contributed by atoms with Gasteiger partial charge >= 0.3 is 0 Å². The monoisotopic (exact) mass is 263 g/mol. The molecular weight excluding hydrogens is 234 g/mol. The fraction of sp³-hybridized carbons (Fsp3) is 0.647. The molecule has 0 bridgehead atoms. The molecular formula is C17H29NO. The van der Waals surface area contributed by atoms with Crippen LogP contribution in [0.25, 0.3) is 0 Å². The minimum Gasteiger partial charge on any atom is -0.396 e. The Morgan fingerprint density at radius 1 is 1.11 bits per heavy atom. The molecule has 0 fully saturated rings. The van der Waals surface area contributed by atoms with Crippen molar-refractivity contribution >= 4 is 0 Å². The van der Waals surface area contributed by atoms with Gasteiger partial charge in [-0.15, -0.1) is 0 Å². The summed E-state index contributed by atoms with van der Waals surface area (Å²) in [5.74, 6) is 0. The van der Waals surface area contributed by atoms with E-state index >= 15 is 0 Å². The average molecular weight is 263 g/mol. The number of aliphatic hydroxyl groups is 1. The summed E-state index contributed by atoms with van der Waals surface area (Å²) in [6.07, 6.45) is 5.60. The average Bonchev–Trinajstić information content (AvgIpc) is 2.43. The molecule has 0 spiro atoms. The van der Waals surface area contributed by atoms with Crippen molar-refractivity contribution in [3.8, 4) is 0 Å². The van der Waals surface area contributed by atoms with Crippen molar-refractivity contribution in [2.24, 2.45) is 0 Å². The molecule has 0 radical (unpaired) electrons. The van der Waals surface area contributed by atoms with E-state index in [-0.39, 0.29) is 6.61 Å². The first kappa shape index (κ1) is 16.2. The van der Waals surface area contributed by atoms with Gasteiger partial charge in [-0.2, -0.15) is 0 Å². The number of aliphatic hydroxyl groups excluding tert-OH is 1. The van der Waals surface area contributed by atoms with Gasteiger partial charge in [-0.25, -0.2) is 0 Å². The highest BCUT2D eigenvalue weighted by molar-refractivity contribution is 5.24.